The minimum absolute atomic E-state index is 0.222. The molecule has 1 fully saturated rings. The summed E-state index contributed by atoms with van der Waals surface area (Å²) in [6.07, 6.45) is 4.67. The number of nitrogens with zero attached hydrogens (tertiary/aromatic N) is 1. The van der Waals surface area contributed by atoms with Crippen molar-refractivity contribution in [1.82, 2.24) is 0 Å². The van der Waals surface area contributed by atoms with Crippen LogP contribution < -0.4 is 10.6 Å². The summed E-state index contributed by atoms with van der Waals surface area (Å²) < 4.78 is 5.06. The maximum absolute atomic E-state index is 11.5. The highest BCUT2D eigenvalue weighted by molar-refractivity contribution is 5.89. The summed E-state index contributed by atoms with van der Waals surface area (Å²) in [7, 11) is 0. The zero-order chi connectivity index (χ0) is 11.5. The minimum Gasteiger partial charge on any atom is -0.443 e. The molecular weight excluding hydrogens is 204 g/mol. The van der Waals surface area contributed by atoms with Crippen LogP contribution in [0.25, 0.3) is 0 Å². The molecule has 1 atom stereocenters. The van der Waals surface area contributed by atoms with E-state index in [0.717, 1.165) is 11.3 Å². The molecule has 1 aromatic rings. The zero-order valence-electron chi connectivity index (χ0n) is 8.72. The standard InChI is InChI=1S/C12H12N2O2/c1-2-9-3-5-10(6-4-9)14-8-11(7-13)16-12(14)15/h1,3-6,11H,7-8,13H2/t11-/m1/s1. The largest absolute Gasteiger partial charge is 0.443 e. The molecule has 0 aromatic heterocycles. The Bertz CT molecular complexity index is 433. The Kier molecular flexibility index (Phi) is 2.80. The molecule has 0 bridgehead atoms. The highest BCUT2D eigenvalue weighted by Crippen LogP contribution is 2.21. The monoisotopic (exact) mass is 216 g/mol. The number of benzene rings is 1. The van der Waals surface area contributed by atoms with Gasteiger partial charge in [-0.1, -0.05) is 5.92 Å². The second-order valence-corrected chi connectivity index (χ2v) is 3.54. The second kappa shape index (κ2) is 4.25. The minimum atomic E-state index is -0.357. The van der Waals surface area contributed by atoms with Crippen LogP contribution in [0.2, 0.25) is 0 Å². The van der Waals surface area contributed by atoms with Gasteiger partial charge in [0.1, 0.15) is 6.10 Å². The predicted molar refractivity (Wildman–Crippen MR) is 61.0 cm³/mol. The summed E-state index contributed by atoms with van der Waals surface area (Å²) in [6, 6.07) is 7.18. The van der Waals surface area contributed by atoms with Gasteiger partial charge in [0.05, 0.1) is 6.54 Å². The van der Waals surface area contributed by atoms with E-state index in [1.165, 1.54) is 0 Å². The van der Waals surface area contributed by atoms with Gasteiger partial charge in [-0.05, 0) is 24.3 Å². The average molecular weight is 216 g/mol. The van der Waals surface area contributed by atoms with Gasteiger partial charge in [0.15, 0.2) is 0 Å². The molecule has 0 aliphatic carbocycles. The lowest BCUT2D eigenvalue weighted by Crippen LogP contribution is -2.27. The molecule has 1 heterocycles. The van der Waals surface area contributed by atoms with E-state index in [1.54, 1.807) is 29.2 Å². The van der Waals surface area contributed by atoms with E-state index >= 15 is 0 Å². The van der Waals surface area contributed by atoms with Crippen molar-refractivity contribution in [2.24, 2.45) is 5.73 Å². The first kappa shape index (κ1) is 10.5. The van der Waals surface area contributed by atoms with Crippen LogP contribution in [0.5, 0.6) is 0 Å². The lowest BCUT2D eigenvalue weighted by molar-refractivity contribution is 0.145. The third-order valence-corrected chi connectivity index (χ3v) is 2.48. The summed E-state index contributed by atoms with van der Waals surface area (Å²) >= 11 is 0. The molecule has 1 amide bonds. The van der Waals surface area contributed by atoms with Crippen molar-refractivity contribution in [2.45, 2.75) is 6.10 Å². The van der Waals surface area contributed by atoms with Crippen LogP contribution in [0.3, 0.4) is 0 Å². The van der Waals surface area contributed by atoms with Gasteiger partial charge in [-0.15, -0.1) is 6.42 Å². The van der Waals surface area contributed by atoms with E-state index in [2.05, 4.69) is 5.92 Å². The number of hydrogen-bond acceptors (Lipinski definition) is 3. The summed E-state index contributed by atoms with van der Waals surface area (Å²) in [5.74, 6) is 2.52. The Morgan fingerprint density at radius 2 is 2.19 bits per heavy atom. The van der Waals surface area contributed by atoms with Crippen molar-refractivity contribution in [1.29, 1.82) is 0 Å². The number of hydrogen-bond donors (Lipinski definition) is 1. The Morgan fingerprint density at radius 3 is 2.69 bits per heavy atom. The number of nitrogens with two attached hydrogens (primary N) is 1. The van der Waals surface area contributed by atoms with Crippen LogP contribution in [0.15, 0.2) is 24.3 Å². The molecule has 0 spiro atoms. The molecule has 16 heavy (non-hydrogen) atoms. The lowest BCUT2D eigenvalue weighted by Gasteiger charge is -2.12. The van der Waals surface area contributed by atoms with Gasteiger partial charge in [0.2, 0.25) is 0 Å². The Balaban J connectivity index is 2.19. The van der Waals surface area contributed by atoms with Gasteiger partial charge in [-0.25, -0.2) is 4.79 Å². The topological polar surface area (TPSA) is 55.6 Å². The van der Waals surface area contributed by atoms with Crippen molar-refractivity contribution in [3.63, 3.8) is 0 Å². The summed E-state index contributed by atoms with van der Waals surface area (Å²) in [6.45, 7) is 0.829. The Morgan fingerprint density at radius 1 is 1.50 bits per heavy atom. The molecule has 0 radical (unpaired) electrons. The SMILES string of the molecule is C#Cc1ccc(N2C[C@@H](CN)OC2=O)cc1. The fourth-order valence-corrected chi connectivity index (χ4v) is 1.59. The van der Waals surface area contributed by atoms with Crippen molar-refractivity contribution in [3.8, 4) is 12.3 Å². The fourth-order valence-electron chi connectivity index (χ4n) is 1.59. The molecule has 2 N–H and O–H groups in total. The first-order valence-corrected chi connectivity index (χ1v) is 4.99. The van der Waals surface area contributed by atoms with Crippen molar-refractivity contribution in [3.05, 3.63) is 29.8 Å². The first-order chi connectivity index (χ1) is 7.74. The third-order valence-electron chi connectivity index (χ3n) is 2.48. The maximum Gasteiger partial charge on any atom is 0.414 e. The number of rotatable bonds is 2. The van der Waals surface area contributed by atoms with Crippen LogP contribution in [0, 0.1) is 12.3 Å². The summed E-state index contributed by atoms with van der Waals surface area (Å²) in [4.78, 5) is 13.1. The molecule has 0 unspecified atom stereocenters. The molecule has 2 rings (SSSR count). The number of carbonyl (C=O) groups excluding carboxylic acids is 1. The summed E-state index contributed by atoms with van der Waals surface area (Å²) in [5.41, 5.74) is 7.01. The Labute approximate surface area is 94.0 Å². The fraction of sp³-hybridized carbons (Fsp3) is 0.250. The molecule has 0 saturated carbocycles. The number of amides is 1. The lowest BCUT2D eigenvalue weighted by atomic mass is 10.2. The average Bonchev–Trinajstić information content (AvgIpc) is 2.71. The predicted octanol–water partition coefficient (Wildman–Crippen LogP) is 0.952. The molecule has 1 aromatic carbocycles. The van der Waals surface area contributed by atoms with Gasteiger partial charge in [-0.3, -0.25) is 4.90 Å². The van der Waals surface area contributed by atoms with Crippen LogP contribution in [-0.4, -0.2) is 25.3 Å². The van der Waals surface area contributed by atoms with Crippen molar-refractivity contribution < 1.29 is 9.53 Å². The van der Waals surface area contributed by atoms with Gasteiger partial charge in [0, 0.05) is 17.8 Å². The molecule has 4 nitrogen and oxygen atoms in total. The molecule has 4 heteroatoms. The van der Waals surface area contributed by atoms with Crippen LogP contribution in [0.4, 0.5) is 10.5 Å². The molecule has 1 saturated heterocycles. The highest BCUT2D eigenvalue weighted by Gasteiger charge is 2.31. The van der Waals surface area contributed by atoms with E-state index in [4.69, 9.17) is 16.9 Å². The number of carbonyl (C=O) groups is 1. The molecular formula is C12H12N2O2. The van der Waals surface area contributed by atoms with E-state index in [9.17, 15) is 4.79 Å². The van der Waals surface area contributed by atoms with E-state index in [-0.39, 0.29) is 12.2 Å². The highest BCUT2D eigenvalue weighted by atomic mass is 16.6. The molecule has 1 aliphatic heterocycles. The number of anilines is 1. The second-order valence-electron chi connectivity index (χ2n) is 3.54. The van der Waals surface area contributed by atoms with Gasteiger partial charge >= 0.3 is 6.09 Å². The zero-order valence-corrected chi connectivity index (χ0v) is 8.72. The van der Waals surface area contributed by atoms with Crippen molar-refractivity contribution in [2.75, 3.05) is 18.0 Å². The first-order valence-electron chi connectivity index (χ1n) is 4.99. The summed E-state index contributed by atoms with van der Waals surface area (Å²) in [5, 5.41) is 0. The smallest absolute Gasteiger partial charge is 0.414 e. The van der Waals surface area contributed by atoms with E-state index in [1.807, 2.05) is 0 Å². The van der Waals surface area contributed by atoms with Crippen LogP contribution >= 0.6 is 0 Å². The number of ether oxygens (including phenoxy) is 1. The van der Waals surface area contributed by atoms with Crippen LogP contribution in [-0.2, 0) is 4.74 Å². The van der Waals surface area contributed by atoms with Gasteiger partial charge < -0.3 is 10.5 Å². The van der Waals surface area contributed by atoms with E-state index in [0.29, 0.717) is 13.1 Å². The number of terminal acetylenes is 1. The number of cyclic esters (lactones) is 1. The van der Waals surface area contributed by atoms with Gasteiger partial charge in [0.25, 0.3) is 0 Å². The van der Waals surface area contributed by atoms with Crippen molar-refractivity contribution >= 4 is 11.8 Å². The molecule has 1 aliphatic rings. The van der Waals surface area contributed by atoms with Crippen LogP contribution in [0.1, 0.15) is 5.56 Å². The third kappa shape index (κ3) is 1.86. The normalized spacial score (nSPS) is 19.4. The Hall–Kier alpha value is -1.99. The molecule has 82 valence electrons. The maximum atomic E-state index is 11.5. The van der Waals surface area contributed by atoms with Gasteiger partial charge in [-0.2, -0.15) is 0 Å². The quantitative estimate of drug-likeness (QED) is 0.749. The van der Waals surface area contributed by atoms with E-state index < -0.39 is 0 Å².